The van der Waals surface area contributed by atoms with Crippen molar-refractivity contribution < 1.29 is 46.1 Å². The van der Waals surface area contributed by atoms with E-state index in [1.165, 1.54) is 6.07 Å². The van der Waals surface area contributed by atoms with Crippen LogP contribution in [0.1, 0.15) is 65.1 Å². The predicted molar refractivity (Wildman–Crippen MR) is 146 cm³/mol. The molecule has 0 aromatic heterocycles. The van der Waals surface area contributed by atoms with Crippen molar-refractivity contribution in [3.05, 3.63) is 94.0 Å². The number of hydrogen-bond donors (Lipinski definition) is 3. The second-order valence-corrected chi connectivity index (χ2v) is 10.9. The van der Waals surface area contributed by atoms with E-state index in [4.69, 9.17) is 4.74 Å². The molecule has 0 aliphatic heterocycles. The standard InChI is InChI=1S/C31H33F6NO4/c1-18-11-21(9-10-25(18)28(40)41)27-8-6-5-7-26(27)19(2)42-17-24(39)16-38-29(3,4)15-20-12-22(30(32,33)34)14-23(13-20)31(35,36)37/h5-14,19,24,38-39H,15-17H2,1-4H3,(H,40,41)/t19?,24-/m1/s1. The Hall–Kier alpha value is -3.41. The maximum absolute atomic E-state index is 13.2. The quantitative estimate of drug-likeness (QED) is 0.200. The van der Waals surface area contributed by atoms with Gasteiger partial charge in [-0.05, 0) is 86.2 Å². The molecule has 11 heteroatoms. The van der Waals surface area contributed by atoms with Gasteiger partial charge in [0.25, 0.3) is 0 Å². The zero-order chi connectivity index (χ0) is 31.5. The van der Waals surface area contributed by atoms with E-state index in [2.05, 4.69) is 5.32 Å². The fourth-order valence-corrected chi connectivity index (χ4v) is 4.68. The van der Waals surface area contributed by atoms with Crippen LogP contribution in [0.2, 0.25) is 0 Å². The lowest BCUT2D eigenvalue weighted by molar-refractivity contribution is -0.143. The van der Waals surface area contributed by atoms with Crippen LogP contribution >= 0.6 is 0 Å². The minimum atomic E-state index is -4.93. The number of β-amino-alcohol motifs (C(OH)–C–C–N with tert-alkyl or cyclic N) is 1. The fourth-order valence-electron chi connectivity index (χ4n) is 4.68. The number of carboxylic acids is 1. The highest BCUT2D eigenvalue weighted by Crippen LogP contribution is 2.37. The van der Waals surface area contributed by atoms with Gasteiger partial charge in [0.1, 0.15) is 0 Å². The number of benzene rings is 3. The zero-order valence-electron chi connectivity index (χ0n) is 23.5. The average molecular weight is 598 g/mol. The van der Waals surface area contributed by atoms with Crippen molar-refractivity contribution in [2.75, 3.05) is 13.2 Å². The molecule has 3 aromatic carbocycles. The first-order valence-electron chi connectivity index (χ1n) is 13.1. The third-order valence-electron chi connectivity index (χ3n) is 6.81. The molecular weight excluding hydrogens is 564 g/mol. The monoisotopic (exact) mass is 597 g/mol. The first-order valence-corrected chi connectivity index (χ1v) is 13.1. The number of alkyl halides is 6. The summed E-state index contributed by atoms with van der Waals surface area (Å²) in [5.74, 6) is -1.02. The molecule has 3 aromatic rings. The van der Waals surface area contributed by atoms with E-state index in [9.17, 15) is 41.4 Å². The average Bonchev–Trinajstić information content (AvgIpc) is 2.89. The third-order valence-corrected chi connectivity index (χ3v) is 6.81. The fraction of sp³-hybridized carbons (Fsp3) is 0.387. The van der Waals surface area contributed by atoms with Gasteiger partial charge in [-0.1, -0.05) is 36.4 Å². The van der Waals surface area contributed by atoms with Crippen molar-refractivity contribution in [3.8, 4) is 11.1 Å². The number of nitrogens with one attached hydrogen (secondary N) is 1. The molecule has 0 spiro atoms. The molecule has 1 unspecified atom stereocenters. The van der Waals surface area contributed by atoms with Crippen molar-refractivity contribution >= 4 is 5.97 Å². The number of ether oxygens (including phenoxy) is 1. The molecule has 42 heavy (non-hydrogen) atoms. The molecule has 0 fully saturated rings. The van der Waals surface area contributed by atoms with Crippen molar-refractivity contribution in [1.29, 1.82) is 0 Å². The molecule has 3 N–H and O–H groups in total. The number of halogens is 6. The van der Waals surface area contributed by atoms with Gasteiger partial charge in [0.05, 0.1) is 35.5 Å². The number of carbonyl (C=O) groups is 1. The maximum atomic E-state index is 13.2. The largest absolute Gasteiger partial charge is 0.478 e. The van der Waals surface area contributed by atoms with Crippen LogP contribution in [0.5, 0.6) is 0 Å². The topological polar surface area (TPSA) is 78.8 Å². The van der Waals surface area contributed by atoms with Gasteiger partial charge in [-0.3, -0.25) is 0 Å². The molecule has 0 aliphatic rings. The van der Waals surface area contributed by atoms with Crippen LogP contribution in [0.25, 0.3) is 11.1 Å². The van der Waals surface area contributed by atoms with E-state index >= 15 is 0 Å². The van der Waals surface area contributed by atoms with E-state index in [0.29, 0.717) is 17.7 Å². The molecular formula is C31H33F6NO4. The van der Waals surface area contributed by atoms with Gasteiger partial charge in [0.2, 0.25) is 0 Å². The number of hydrogen-bond acceptors (Lipinski definition) is 4. The van der Waals surface area contributed by atoms with Crippen LogP contribution in [-0.2, 0) is 23.5 Å². The number of aromatic carboxylic acids is 1. The van der Waals surface area contributed by atoms with Crippen molar-refractivity contribution in [3.63, 3.8) is 0 Å². The lowest BCUT2D eigenvalue weighted by Crippen LogP contribution is -2.46. The van der Waals surface area contributed by atoms with Crippen molar-refractivity contribution in [1.82, 2.24) is 5.32 Å². The zero-order valence-corrected chi connectivity index (χ0v) is 23.5. The van der Waals surface area contributed by atoms with Crippen molar-refractivity contribution in [2.45, 2.75) is 64.2 Å². The third kappa shape index (κ3) is 8.80. The summed E-state index contributed by atoms with van der Waals surface area (Å²) >= 11 is 0. The Morgan fingerprint density at radius 1 is 0.929 bits per heavy atom. The summed E-state index contributed by atoms with van der Waals surface area (Å²) in [5, 5.41) is 22.9. The summed E-state index contributed by atoms with van der Waals surface area (Å²) in [6.45, 7) is 6.62. The molecule has 5 nitrogen and oxygen atoms in total. The minimum Gasteiger partial charge on any atom is -0.478 e. The van der Waals surface area contributed by atoms with Crippen LogP contribution < -0.4 is 5.32 Å². The van der Waals surface area contributed by atoms with E-state index in [-0.39, 0.29) is 36.8 Å². The van der Waals surface area contributed by atoms with Crippen molar-refractivity contribution in [2.24, 2.45) is 0 Å². The molecule has 2 atom stereocenters. The van der Waals surface area contributed by atoms with Crippen LogP contribution in [0.15, 0.2) is 60.7 Å². The highest BCUT2D eigenvalue weighted by Gasteiger charge is 2.37. The van der Waals surface area contributed by atoms with Gasteiger partial charge >= 0.3 is 18.3 Å². The summed E-state index contributed by atoms with van der Waals surface area (Å²) < 4.78 is 85.3. The molecule has 0 heterocycles. The van der Waals surface area contributed by atoms with Crippen LogP contribution in [0.4, 0.5) is 26.3 Å². The maximum Gasteiger partial charge on any atom is 0.416 e. The van der Waals surface area contributed by atoms with E-state index < -0.39 is 47.2 Å². The minimum absolute atomic E-state index is 0.0255. The normalized spacial score (nSPS) is 14.1. The SMILES string of the molecule is Cc1cc(-c2ccccc2C(C)OC[C@H](O)CNC(C)(C)Cc2cc(C(F)(F)F)cc(C(F)(F)F)c2)ccc1C(=O)O. The van der Waals surface area contributed by atoms with Gasteiger partial charge in [0.15, 0.2) is 0 Å². The number of aliphatic hydroxyl groups is 1. The Morgan fingerprint density at radius 2 is 1.52 bits per heavy atom. The Kier molecular flexibility index (Phi) is 10.1. The molecule has 0 saturated carbocycles. The van der Waals surface area contributed by atoms with E-state index in [1.807, 2.05) is 24.3 Å². The molecule has 0 radical (unpaired) electrons. The van der Waals surface area contributed by atoms with E-state index in [0.717, 1.165) is 16.7 Å². The summed E-state index contributed by atoms with van der Waals surface area (Å²) in [4.78, 5) is 11.4. The molecule has 0 saturated heterocycles. The Bertz CT molecular complexity index is 1370. The van der Waals surface area contributed by atoms with E-state index in [1.54, 1.807) is 39.8 Å². The van der Waals surface area contributed by atoms with Crippen LogP contribution in [0, 0.1) is 6.92 Å². The van der Waals surface area contributed by atoms with Gasteiger partial charge in [-0.2, -0.15) is 26.3 Å². The van der Waals surface area contributed by atoms with Gasteiger partial charge in [-0.25, -0.2) is 4.79 Å². The lowest BCUT2D eigenvalue weighted by atomic mass is 9.92. The molecule has 228 valence electrons. The number of carboxylic acid groups (broad SMARTS) is 1. The van der Waals surface area contributed by atoms with Crippen LogP contribution in [-0.4, -0.2) is 41.0 Å². The number of rotatable bonds is 11. The lowest BCUT2D eigenvalue weighted by Gasteiger charge is -2.29. The van der Waals surface area contributed by atoms with Gasteiger partial charge in [0, 0.05) is 12.1 Å². The first-order chi connectivity index (χ1) is 19.4. The molecule has 0 amide bonds. The second-order valence-electron chi connectivity index (χ2n) is 10.9. The Morgan fingerprint density at radius 3 is 2.07 bits per heavy atom. The summed E-state index contributed by atoms with van der Waals surface area (Å²) in [7, 11) is 0. The summed E-state index contributed by atoms with van der Waals surface area (Å²) in [6, 6.07) is 13.9. The highest BCUT2D eigenvalue weighted by atomic mass is 19.4. The molecule has 0 bridgehead atoms. The highest BCUT2D eigenvalue weighted by molar-refractivity contribution is 5.90. The number of aryl methyl sites for hydroxylation is 1. The summed E-state index contributed by atoms with van der Waals surface area (Å²) in [5.41, 5.74) is -0.596. The second kappa shape index (κ2) is 12.8. The Labute approximate surface area is 240 Å². The summed E-state index contributed by atoms with van der Waals surface area (Å²) in [6.07, 6.45) is -11.5. The van der Waals surface area contributed by atoms with Gasteiger partial charge < -0.3 is 20.3 Å². The van der Waals surface area contributed by atoms with Gasteiger partial charge in [-0.15, -0.1) is 0 Å². The first kappa shape index (κ1) is 33.1. The molecule has 3 rings (SSSR count). The predicted octanol–water partition coefficient (Wildman–Crippen LogP) is 7.45. The Balaban J connectivity index is 1.64. The van der Waals surface area contributed by atoms with Crippen LogP contribution in [0.3, 0.4) is 0 Å². The number of aliphatic hydroxyl groups excluding tert-OH is 1. The smallest absolute Gasteiger partial charge is 0.416 e. The molecule has 0 aliphatic carbocycles.